The minimum absolute atomic E-state index is 0.614. The Hall–Kier alpha value is -0.650. The maximum Gasteiger partial charge on any atom is 0.324 e. The summed E-state index contributed by atoms with van der Waals surface area (Å²) in [6.07, 6.45) is 2.49. The van der Waals surface area contributed by atoms with Crippen LogP contribution in [0, 0.1) is 0 Å². The highest BCUT2D eigenvalue weighted by molar-refractivity contribution is 5.79. The lowest BCUT2D eigenvalue weighted by Gasteiger charge is -2.42. The van der Waals surface area contributed by atoms with E-state index in [0.717, 1.165) is 58.5 Å². The zero-order valence-corrected chi connectivity index (χ0v) is 9.67. The van der Waals surface area contributed by atoms with Gasteiger partial charge >= 0.3 is 5.97 Å². The lowest BCUT2D eigenvalue weighted by atomic mass is 9.86. The van der Waals surface area contributed by atoms with Crippen molar-refractivity contribution in [3.63, 3.8) is 0 Å². The second-order valence-corrected chi connectivity index (χ2v) is 4.68. The minimum atomic E-state index is -0.643. The van der Waals surface area contributed by atoms with Crippen molar-refractivity contribution >= 4 is 5.97 Å². The summed E-state index contributed by atoms with van der Waals surface area (Å²) in [7, 11) is 0. The third kappa shape index (κ3) is 2.21. The topological polar surface area (TPSA) is 64.6 Å². The van der Waals surface area contributed by atoms with E-state index >= 15 is 0 Å². The molecule has 2 aliphatic heterocycles. The first-order valence-corrected chi connectivity index (χ1v) is 6.16. The number of aliphatic carboxylic acids is 1. The van der Waals surface area contributed by atoms with Gasteiger partial charge in [0, 0.05) is 19.6 Å². The van der Waals surface area contributed by atoms with Crippen molar-refractivity contribution in [3.8, 4) is 0 Å². The quantitative estimate of drug-likeness (QED) is 0.593. The molecule has 0 spiro atoms. The molecule has 0 saturated carbocycles. The van der Waals surface area contributed by atoms with Gasteiger partial charge in [-0.15, -0.1) is 0 Å². The zero-order chi connectivity index (χ0) is 11.4. The molecule has 3 N–H and O–H groups in total. The third-order valence-electron chi connectivity index (χ3n) is 3.77. The molecule has 2 aliphatic rings. The molecule has 0 radical (unpaired) electrons. The zero-order valence-electron chi connectivity index (χ0n) is 9.67. The maximum absolute atomic E-state index is 11.6. The molecule has 0 aromatic carbocycles. The fourth-order valence-corrected chi connectivity index (χ4v) is 2.78. The van der Waals surface area contributed by atoms with Gasteiger partial charge in [-0.3, -0.25) is 9.69 Å². The van der Waals surface area contributed by atoms with E-state index in [-0.39, 0.29) is 0 Å². The Morgan fingerprint density at radius 2 is 1.75 bits per heavy atom. The van der Waals surface area contributed by atoms with E-state index in [4.69, 9.17) is 0 Å². The van der Waals surface area contributed by atoms with Crippen LogP contribution in [0.3, 0.4) is 0 Å². The number of piperidine rings is 1. The van der Waals surface area contributed by atoms with E-state index in [9.17, 15) is 9.90 Å². The number of carbonyl (C=O) groups is 1. The Balaban J connectivity index is 2.12. The summed E-state index contributed by atoms with van der Waals surface area (Å²) in [5, 5.41) is 16.1. The monoisotopic (exact) mass is 227 g/mol. The van der Waals surface area contributed by atoms with Crippen molar-refractivity contribution in [2.24, 2.45) is 0 Å². The standard InChI is InChI=1S/C11H21N3O2/c15-10(16)11(2-5-13-6-3-11)14-8-1-4-12-7-9-14/h12-13H,1-9H2,(H,15,16). The molecular formula is C11H21N3O2. The predicted molar refractivity (Wildman–Crippen MR) is 61.5 cm³/mol. The van der Waals surface area contributed by atoms with E-state index in [1.165, 1.54) is 0 Å². The summed E-state index contributed by atoms with van der Waals surface area (Å²) in [4.78, 5) is 13.8. The molecule has 0 aromatic heterocycles. The van der Waals surface area contributed by atoms with Crippen LogP contribution in [0.25, 0.3) is 0 Å². The average molecular weight is 227 g/mol. The van der Waals surface area contributed by atoms with Crippen LogP contribution in [0.15, 0.2) is 0 Å². The van der Waals surface area contributed by atoms with Crippen molar-refractivity contribution in [2.45, 2.75) is 24.8 Å². The van der Waals surface area contributed by atoms with Crippen molar-refractivity contribution in [2.75, 3.05) is 39.3 Å². The molecule has 5 heteroatoms. The molecule has 0 atom stereocenters. The van der Waals surface area contributed by atoms with Gasteiger partial charge in [0.25, 0.3) is 0 Å². The van der Waals surface area contributed by atoms with Crippen LogP contribution in [0.5, 0.6) is 0 Å². The first-order valence-electron chi connectivity index (χ1n) is 6.16. The smallest absolute Gasteiger partial charge is 0.324 e. The van der Waals surface area contributed by atoms with E-state index in [2.05, 4.69) is 15.5 Å². The van der Waals surface area contributed by atoms with Gasteiger partial charge in [0.1, 0.15) is 5.54 Å². The highest BCUT2D eigenvalue weighted by atomic mass is 16.4. The number of carboxylic acids is 1. The molecule has 5 nitrogen and oxygen atoms in total. The minimum Gasteiger partial charge on any atom is -0.480 e. The number of rotatable bonds is 2. The van der Waals surface area contributed by atoms with Crippen LogP contribution in [0.1, 0.15) is 19.3 Å². The number of nitrogens with zero attached hydrogens (tertiary/aromatic N) is 1. The number of nitrogens with one attached hydrogen (secondary N) is 2. The van der Waals surface area contributed by atoms with Crippen LogP contribution < -0.4 is 10.6 Å². The Morgan fingerprint density at radius 1 is 1.06 bits per heavy atom. The van der Waals surface area contributed by atoms with Gasteiger partial charge in [0.15, 0.2) is 0 Å². The molecule has 0 aliphatic carbocycles. The van der Waals surface area contributed by atoms with Crippen LogP contribution in [0.4, 0.5) is 0 Å². The SMILES string of the molecule is O=C(O)C1(N2CCCNCC2)CCNCC1. The summed E-state index contributed by atoms with van der Waals surface area (Å²) in [5.74, 6) is -0.643. The summed E-state index contributed by atoms with van der Waals surface area (Å²) in [6, 6.07) is 0. The number of hydrogen-bond acceptors (Lipinski definition) is 4. The lowest BCUT2D eigenvalue weighted by Crippen LogP contribution is -2.60. The average Bonchev–Trinajstić information content (AvgIpc) is 2.58. The van der Waals surface area contributed by atoms with Gasteiger partial charge < -0.3 is 15.7 Å². The molecule has 16 heavy (non-hydrogen) atoms. The second-order valence-electron chi connectivity index (χ2n) is 4.68. The summed E-state index contributed by atoms with van der Waals surface area (Å²) < 4.78 is 0. The van der Waals surface area contributed by atoms with E-state index < -0.39 is 11.5 Å². The van der Waals surface area contributed by atoms with Gasteiger partial charge in [-0.05, 0) is 38.9 Å². The highest BCUT2D eigenvalue weighted by Gasteiger charge is 2.44. The van der Waals surface area contributed by atoms with Crippen molar-refractivity contribution in [1.29, 1.82) is 0 Å². The molecule has 2 saturated heterocycles. The number of hydrogen-bond donors (Lipinski definition) is 3. The maximum atomic E-state index is 11.6. The Bertz CT molecular complexity index is 244. The molecule has 0 amide bonds. The van der Waals surface area contributed by atoms with Gasteiger partial charge in [-0.2, -0.15) is 0 Å². The fraction of sp³-hybridized carbons (Fsp3) is 0.909. The van der Waals surface area contributed by atoms with Crippen molar-refractivity contribution < 1.29 is 9.90 Å². The van der Waals surface area contributed by atoms with Crippen molar-refractivity contribution in [3.05, 3.63) is 0 Å². The molecule has 2 heterocycles. The highest BCUT2D eigenvalue weighted by Crippen LogP contribution is 2.27. The molecule has 2 rings (SSSR count). The van der Waals surface area contributed by atoms with Gasteiger partial charge in [-0.1, -0.05) is 0 Å². The summed E-state index contributed by atoms with van der Waals surface area (Å²) in [5.41, 5.74) is -0.614. The molecule has 0 aromatic rings. The molecule has 92 valence electrons. The number of carboxylic acid groups (broad SMARTS) is 1. The van der Waals surface area contributed by atoms with Crippen LogP contribution in [0.2, 0.25) is 0 Å². The Labute approximate surface area is 96.2 Å². The summed E-state index contributed by atoms with van der Waals surface area (Å²) in [6.45, 7) is 5.30. The first-order chi connectivity index (χ1) is 7.76. The largest absolute Gasteiger partial charge is 0.480 e. The van der Waals surface area contributed by atoms with Gasteiger partial charge in [-0.25, -0.2) is 0 Å². The summed E-state index contributed by atoms with van der Waals surface area (Å²) >= 11 is 0. The third-order valence-corrected chi connectivity index (χ3v) is 3.77. The van der Waals surface area contributed by atoms with E-state index in [1.54, 1.807) is 0 Å². The molecular weight excluding hydrogens is 206 g/mol. The van der Waals surface area contributed by atoms with E-state index in [0.29, 0.717) is 0 Å². The normalized spacial score (nSPS) is 27.2. The fourth-order valence-electron chi connectivity index (χ4n) is 2.78. The van der Waals surface area contributed by atoms with E-state index in [1.807, 2.05) is 0 Å². The molecule has 2 fully saturated rings. The molecule has 0 bridgehead atoms. The molecule has 0 unspecified atom stereocenters. The predicted octanol–water partition coefficient (Wildman–Crippen LogP) is -0.511. The van der Waals surface area contributed by atoms with Crippen LogP contribution in [-0.4, -0.2) is 60.8 Å². The first kappa shape index (κ1) is 11.8. The van der Waals surface area contributed by atoms with Crippen LogP contribution in [-0.2, 0) is 4.79 Å². The Kier molecular flexibility index (Phi) is 3.78. The Morgan fingerprint density at radius 3 is 2.44 bits per heavy atom. The van der Waals surface area contributed by atoms with Crippen LogP contribution >= 0.6 is 0 Å². The van der Waals surface area contributed by atoms with Crippen molar-refractivity contribution in [1.82, 2.24) is 15.5 Å². The lowest BCUT2D eigenvalue weighted by molar-refractivity contribution is -0.153. The van der Waals surface area contributed by atoms with Gasteiger partial charge in [0.05, 0.1) is 0 Å². The van der Waals surface area contributed by atoms with Gasteiger partial charge in [0.2, 0.25) is 0 Å². The second kappa shape index (κ2) is 5.12.